The highest BCUT2D eigenvalue weighted by Gasteiger charge is 2.39. The maximum Gasteiger partial charge on any atom is 0.283 e. The average molecular weight is 389 g/mol. The SMILES string of the molecule is CC(=O)c1ccc(NC2=C(Cl)C(=O)N(c3cc(Cl)ccc3C)C2=O)cc1. The molecule has 2 aromatic rings. The zero-order chi connectivity index (χ0) is 19.0. The van der Waals surface area contributed by atoms with Crippen LogP contribution in [-0.2, 0) is 9.59 Å². The van der Waals surface area contributed by atoms with E-state index in [1.807, 2.05) is 0 Å². The minimum absolute atomic E-state index is 0.0217. The number of rotatable bonds is 4. The number of Topliss-reactive ketones (excluding diaryl/α,β-unsaturated/α-hetero) is 1. The standard InChI is InChI=1S/C19H14Cl2N2O3/c1-10-3-6-13(20)9-15(10)23-18(25)16(21)17(19(23)26)22-14-7-4-12(5-8-14)11(2)24/h3-9,22H,1-2H3. The van der Waals surface area contributed by atoms with Gasteiger partial charge in [0.05, 0.1) is 5.69 Å². The molecule has 0 saturated carbocycles. The number of anilines is 2. The normalized spacial score (nSPS) is 14.2. The van der Waals surface area contributed by atoms with E-state index in [9.17, 15) is 14.4 Å². The maximum absolute atomic E-state index is 12.8. The van der Waals surface area contributed by atoms with Gasteiger partial charge in [0.2, 0.25) is 0 Å². The average Bonchev–Trinajstić information content (AvgIpc) is 2.81. The Kier molecular flexibility index (Phi) is 4.85. The van der Waals surface area contributed by atoms with Crippen LogP contribution in [0.25, 0.3) is 0 Å². The van der Waals surface area contributed by atoms with Crippen molar-refractivity contribution in [3.63, 3.8) is 0 Å². The van der Waals surface area contributed by atoms with Gasteiger partial charge >= 0.3 is 0 Å². The van der Waals surface area contributed by atoms with E-state index in [1.165, 1.54) is 6.92 Å². The molecule has 0 saturated heterocycles. The fraction of sp³-hybridized carbons (Fsp3) is 0.105. The molecule has 0 spiro atoms. The fourth-order valence-electron chi connectivity index (χ4n) is 2.59. The molecule has 1 aliphatic rings. The minimum atomic E-state index is -0.620. The summed E-state index contributed by atoms with van der Waals surface area (Å²) in [6.07, 6.45) is 0. The summed E-state index contributed by atoms with van der Waals surface area (Å²) in [5.41, 5.74) is 2.16. The van der Waals surface area contributed by atoms with Gasteiger partial charge in [0.15, 0.2) is 5.78 Å². The van der Waals surface area contributed by atoms with Crippen molar-refractivity contribution >= 4 is 52.2 Å². The summed E-state index contributed by atoms with van der Waals surface area (Å²) < 4.78 is 0. The van der Waals surface area contributed by atoms with Crippen molar-refractivity contribution in [3.8, 4) is 0 Å². The molecule has 0 aromatic heterocycles. The molecule has 5 nitrogen and oxygen atoms in total. The van der Waals surface area contributed by atoms with Crippen LogP contribution in [0.1, 0.15) is 22.8 Å². The summed E-state index contributed by atoms with van der Waals surface area (Å²) >= 11 is 12.1. The van der Waals surface area contributed by atoms with Gasteiger partial charge < -0.3 is 5.32 Å². The molecule has 3 rings (SSSR count). The number of ketones is 1. The second-order valence-electron chi connectivity index (χ2n) is 5.82. The second kappa shape index (κ2) is 6.94. The Morgan fingerprint density at radius 1 is 1.00 bits per heavy atom. The van der Waals surface area contributed by atoms with Crippen LogP contribution < -0.4 is 10.2 Å². The molecule has 1 heterocycles. The van der Waals surface area contributed by atoms with Crippen molar-refractivity contribution in [2.75, 3.05) is 10.2 Å². The lowest BCUT2D eigenvalue weighted by Gasteiger charge is -2.17. The van der Waals surface area contributed by atoms with Gasteiger partial charge in [-0.25, -0.2) is 4.90 Å². The molecule has 1 N–H and O–H groups in total. The second-order valence-corrected chi connectivity index (χ2v) is 6.64. The van der Waals surface area contributed by atoms with Crippen LogP contribution in [0, 0.1) is 6.92 Å². The van der Waals surface area contributed by atoms with Crippen molar-refractivity contribution in [3.05, 3.63) is 69.3 Å². The fourth-order valence-corrected chi connectivity index (χ4v) is 2.97. The first kappa shape index (κ1) is 18.2. The predicted molar refractivity (Wildman–Crippen MR) is 102 cm³/mol. The van der Waals surface area contributed by atoms with Crippen molar-refractivity contribution in [1.82, 2.24) is 0 Å². The molecule has 0 fully saturated rings. The molecule has 2 amide bonds. The number of carbonyl (C=O) groups excluding carboxylic acids is 3. The third-order valence-electron chi connectivity index (χ3n) is 4.00. The molecule has 7 heteroatoms. The number of nitrogens with zero attached hydrogens (tertiary/aromatic N) is 1. The first-order chi connectivity index (χ1) is 12.3. The van der Waals surface area contributed by atoms with Crippen LogP contribution >= 0.6 is 23.2 Å². The molecule has 1 aliphatic heterocycles. The smallest absolute Gasteiger partial charge is 0.283 e. The number of nitrogens with one attached hydrogen (secondary N) is 1. The van der Waals surface area contributed by atoms with E-state index >= 15 is 0 Å². The maximum atomic E-state index is 12.8. The highest BCUT2D eigenvalue weighted by Crippen LogP contribution is 2.33. The Bertz CT molecular complexity index is 965. The summed E-state index contributed by atoms with van der Waals surface area (Å²) in [5, 5.41) is 3.06. The van der Waals surface area contributed by atoms with Crippen molar-refractivity contribution < 1.29 is 14.4 Å². The van der Waals surface area contributed by atoms with E-state index in [4.69, 9.17) is 23.2 Å². The number of aryl methyl sites for hydroxylation is 1. The van der Waals surface area contributed by atoms with E-state index < -0.39 is 11.8 Å². The largest absolute Gasteiger partial charge is 0.350 e. The molecule has 132 valence electrons. The predicted octanol–water partition coefficient (Wildman–Crippen LogP) is 4.29. The summed E-state index contributed by atoms with van der Waals surface area (Å²) in [7, 11) is 0. The minimum Gasteiger partial charge on any atom is -0.350 e. The highest BCUT2D eigenvalue weighted by molar-refractivity contribution is 6.53. The van der Waals surface area contributed by atoms with Crippen molar-refractivity contribution in [2.45, 2.75) is 13.8 Å². The molecule has 0 unspecified atom stereocenters. The molecule has 26 heavy (non-hydrogen) atoms. The van der Waals surface area contributed by atoms with Crippen LogP contribution in [-0.4, -0.2) is 17.6 Å². The Balaban J connectivity index is 1.91. The van der Waals surface area contributed by atoms with Gasteiger partial charge in [-0.1, -0.05) is 29.3 Å². The van der Waals surface area contributed by atoms with E-state index in [2.05, 4.69) is 5.32 Å². The van der Waals surface area contributed by atoms with Gasteiger partial charge in [0.25, 0.3) is 11.8 Å². The number of hydrogen-bond acceptors (Lipinski definition) is 4. The van der Waals surface area contributed by atoms with Crippen LogP contribution in [0.3, 0.4) is 0 Å². The van der Waals surface area contributed by atoms with Crippen molar-refractivity contribution in [2.24, 2.45) is 0 Å². The van der Waals surface area contributed by atoms with Crippen LogP contribution in [0.5, 0.6) is 0 Å². The summed E-state index contributed by atoms with van der Waals surface area (Å²) in [6.45, 7) is 3.23. The Labute approximate surface area is 160 Å². The van der Waals surface area contributed by atoms with E-state index in [1.54, 1.807) is 49.4 Å². The first-order valence-corrected chi connectivity index (χ1v) is 8.48. The molecule has 2 aromatic carbocycles. The zero-order valence-electron chi connectivity index (χ0n) is 14.0. The Hall–Kier alpha value is -2.63. The lowest BCUT2D eigenvalue weighted by molar-refractivity contribution is -0.120. The zero-order valence-corrected chi connectivity index (χ0v) is 15.5. The van der Waals surface area contributed by atoms with E-state index in [0.29, 0.717) is 27.5 Å². The number of imide groups is 1. The molecular formula is C19H14Cl2N2O3. The lowest BCUT2D eigenvalue weighted by atomic mass is 10.1. The molecule has 0 aliphatic carbocycles. The van der Waals surface area contributed by atoms with E-state index in [0.717, 1.165) is 4.90 Å². The number of amides is 2. The number of hydrogen-bond donors (Lipinski definition) is 1. The Morgan fingerprint density at radius 3 is 2.27 bits per heavy atom. The van der Waals surface area contributed by atoms with Crippen LogP contribution in [0.15, 0.2) is 53.2 Å². The van der Waals surface area contributed by atoms with Crippen LogP contribution in [0.4, 0.5) is 11.4 Å². The summed E-state index contributed by atoms with van der Waals surface area (Å²) in [6, 6.07) is 11.5. The molecule has 0 bridgehead atoms. The van der Waals surface area contributed by atoms with E-state index in [-0.39, 0.29) is 16.5 Å². The topological polar surface area (TPSA) is 66.5 Å². The number of halogens is 2. The van der Waals surface area contributed by atoms with Gasteiger partial charge in [-0.2, -0.15) is 0 Å². The highest BCUT2D eigenvalue weighted by atomic mass is 35.5. The third-order valence-corrected chi connectivity index (χ3v) is 4.59. The first-order valence-electron chi connectivity index (χ1n) is 7.72. The van der Waals surface area contributed by atoms with Gasteiger partial charge in [0.1, 0.15) is 10.7 Å². The van der Waals surface area contributed by atoms with Gasteiger partial charge in [-0.15, -0.1) is 0 Å². The van der Waals surface area contributed by atoms with Gasteiger partial charge in [-0.05, 0) is 55.8 Å². The number of carbonyl (C=O) groups is 3. The quantitative estimate of drug-likeness (QED) is 0.626. The summed E-state index contributed by atoms with van der Waals surface area (Å²) in [4.78, 5) is 37.6. The molecule has 0 atom stereocenters. The third kappa shape index (κ3) is 3.23. The van der Waals surface area contributed by atoms with Gasteiger partial charge in [0, 0.05) is 16.3 Å². The Morgan fingerprint density at radius 2 is 1.65 bits per heavy atom. The molecular weight excluding hydrogens is 375 g/mol. The van der Waals surface area contributed by atoms with Crippen molar-refractivity contribution in [1.29, 1.82) is 0 Å². The summed E-state index contributed by atoms with van der Waals surface area (Å²) in [5.74, 6) is -1.26. The van der Waals surface area contributed by atoms with Gasteiger partial charge in [-0.3, -0.25) is 14.4 Å². The molecule has 0 radical (unpaired) electrons. The lowest BCUT2D eigenvalue weighted by Crippen LogP contribution is -2.32. The van der Waals surface area contributed by atoms with Crippen LogP contribution in [0.2, 0.25) is 5.02 Å². The monoisotopic (exact) mass is 388 g/mol. The number of benzene rings is 2.